The molecule has 1 aliphatic rings. The predicted molar refractivity (Wildman–Crippen MR) is 93.4 cm³/mol. The predicted octanol–water partition coefficient (Wildman–Crippen LogP) is 3.27. The second-order valence-electron chi connectivity index (χ2n) is 6.48. The number of amides is 1. The molecule has 5 nitrogen and oxygen atoms in total. The summed E-state index contributed by atoms with van der Waals surface area (Å²) in [5.41, 5.74) is 1.89. The van der Waals surface area contributed by atoms with Crippen molar-refractivity contribution in [3.8, 4) is 5.75 Å². The van der Waals surface area contributed by atoms with Gasteiger partial charge in [-0.15, -0.1) is 0 Å². The maximum Gasteiger partial charge on any atom is 0.341 e. The van der Waals surface area contributed by atoms with Crippen LogP contribution < -0.4 is 10.1 Å². The van der Waals surface area contributed by atoms with Crippen LogP contribution in [0.15, 0.2) is 48.5 Å². The maximum atomic E-state index is 13.0. The van der Waals surface area contributed by atoms with Crippen molar-refractivity contribution in [3.63, 3.8) is 0 Å². The third-order valence-electron chi connectivity index (χ3n) is 4.53. The molecule has 1 fully saturated rings. The van der Waals surface area contributed by atoms with E-state index >= 15 is 0 Å². The molecule has 136 valence electrons. The number of benzene rings is 2. The molecule has 0 spiro atoms. The van der Waals surface area contributed by atoms with Gasteiger partial charge in [-0.2, -0.15) is 0 Å². The molecule has 0 bridgehead atoms. The molecule has 1 aliphatic carbocycles. The quantitative estimate of drug-likeness (QED) is 0.797. The number of carboxylic acids is 1. The van der Waals surface area contributed by atoms with Gasteiger partial charge in [-0.05, 0) is 54.7 Å². The van der Waals surface area contributed by atoms with E-state index in [1.165, 1.54) is 12.1 Å². The van der Waals surface area contributed by atoms with Crippen LogP contribution in [0.5, 0.6) is 5.75 Å². The standard InChI is InChI=1S/C20H20FNO4/c1-12(13-4-8-16(9-5-13)26-11-19(23)24)22-20(25)18-10-17(18)14-2-6-15(21)7-3-14/h2-9,12,17-18H,10-11H2,1H3,(H,22,25)(H,23,24). The van der Waals surface area contributed by atoms with Gasteiger partial charge in [-0.25, -0.2) is 9.18 Å². The molecule has 3 rings (SSSR count). The van der Waals surface area contributed by atoms with Crippen molar-refractivity contribution in [2.45, 2.75) is 25.3 Å². The number of carboxylic acid groups (broad SMARTS) is 1. The third-order valence-corrected chi connectivity index (χ3v) is 4.53. The van der Waals surface area contributed by atoms with Gasteiger partial charge in [0.1, 0.15) is 11.6 Å². The van der Waals surface area contributed by atoms with Gasteiger partial charge < -0.3 is 15.2 Å². The minimum Gasteiger partial charge on any atom is -0.482 e. The highest BCUT2D eigenvalue weighted by Gasteiger charge is 2.44. The monoisotopic (exact) mass is 357 g/mol. The van der Waals surface area contributed by atoms with Crippen LogP contribution in [0.3, 0.4) is 0 Å². The minimum absolute atomic E-state index is 0.0157. The third kappa shape index (κ3) is 4.39. The summed E-state index contributed by atoms with van der Waals surface area (Å²) in [6.07, 6.45) is 0.770. The molecule has 6 heteroatoms. The van der Waals surface area contributed by atoms with Crippen molar-refractivity contribution < 1.29 is 23.8 Å². The molecule has 3 atom stereocenters. The van der Waals surface area contributed by atoms with Crippen LogP contribution in [0.4, 0.5) is 4.39 Å². The first kappa shape index (κ1) is 17.9. The summed E-state index contributed by atoms with van der Waals surface area (Å²) in [5.74, 6) is -0.795. The first-order chi connectivity index (χ1) is 12.4. The molecule has 2 aromatic rings. The highest BCUT2D eigenvalue weighted by atomic mass is 19.1. The number of ether oxygens (including phenoxy) is 1. The minimum atomic E-state index is -1.03. The van der Waals surface area contributed by atoms with Crippen LogP contribution in [-0.4, -0.2) is 23.6 Å². The summed E-state index contributed by atoms with van der Waals surface area (Å²) in [6.45, 7) is 1.50. The van der Waals surface area contributed by atoms with Crippen molar-refractivity contribution in [2.75, 3.05) is 6.61 Å². The fourth-order valence-electron chi connectivity index (χ4n) is 2.96. The zero-order valence-electron chi connectivity index (χ0n) is 14.3. The van der Waals surface area contributed by atoms with Gasteiger partial charge in [0.25, 0.3) is 0 Å². The molecule has 2 N–H and O–H groups in total. The summed E-state index contributed by atoms with van der Waals surface area (Å²) in [7, 11) is 0. The van der Waals surface area contributed by atoms with E-state index in [-0.39, 0.29) is 29.6 Å². The molecule has 0 radical (unpaired) electrons. The van der Waals surface area contributed by atoms with E-state index in [2.05, 4.69) is 5.32 Å². The summed E-state index contributed by atoms with van der Waals surface area (Å²) in [5, 5.41) is 11.6. The van der Waals surface area contributed by atoms with Crippen molar-refractivity contribution in [1.29, 1.82) is 0 Å². The van der Waals surface area contributed by atoms with E-state index in [0.29, 0.717) is 5.75 Å². The molecular formula is C20H20FNO4. The molecule has 0 heterocycles. The number of nitrogens with one attached hydrogen (secondary N) is 1. The molecule has 3 unspecified atom stereocenters. The second kappa shape index (κ2) is 7.56. The van der Waals surface area contributed by atoms with E-state index in [4.69, 9.17) is 9.84 Å². The number of halogens is 1. The molecule has 26 heavy (non-hydrogen) atoms. The highest BCUT2D eigenvalue weighted by Crippen LogP contribution is 2.47. The van der Waals surface area contributed by atoms with E-state index in [0.717, 1.165) is 17.5 Å². The molecule has 1 amide bonds. The Labute approximate surface area is 150 Å². The Kier molecular flexibility index (Phi) is 5.21. The van der Waals surface area contributed by atoms with E-state index in [9.17, 15) is 14.0 Å². The fourth-order valence-corrected chi connectivity index (χ4v) is 2.96. The van der Waals surface area contributed by atoms with Gasteiger partial charge in [0.15, 0.2) is 6.61 Å². The first-order valence-electron chi connectivity index (χ1n) is 8.44. The van der Waals surface area contributed by atoms with E-state index in [1.807, 2.05) is 6.92 Å². The number of hydrogen-bond acceptors (Lipinski definition) is 3. The molecule has 1 saturated carbocycles. The van der Waals surface area contributed by atoms with Crippen LogP contribution in [0.25, 0.3) is 0 Å². The zero-order chi connectivity index (χ0) is 18.7. The Hall–Kier alpha value is -2.89. The lowest BCUT2D eigenvalue weighted by atomic mass is 10.1. The summed E-state index contributed by atoms with van der Waals surface area (Å²) >= 11 is 0. The first-order valence-corrected chi connectivity index (χ1v) is 8.44. The lowest BCUT2D eigenvalue weighted by Gasteiger charge is -2.15. The number of carbonyl (C=O) groups excluding carboxylic acids is 1. The Morgan fingerprint density at radius 2 is 1.85 bits per heavy atom. The zero-order valence-corrected chi connectivity index (χ0v) is 14.3. The lowest BCUT2D eigenvalue weighted by Crippen LogP contribution is -2.28. The number of rotatable bonds is 7. The van der Waals surface area contributed by atoms with Crippen molar-refractivity contribution in [1.82, 2.24) is 5.32 Å². The average Bonchev–Trinajstić information content (AvgIpc) is 3.42. The largest absolute Gasteiger partial charge is 0.482 e. The van der Waals surface area contributed by atoms with Crippen LogP contribution in [0.1, 0.15) is 36.4 Å². The highest BCUT2D eigenvalue weighted by molar-refractivity contribution is 5.83. The van der Waals surface area contributed by atoms with Crippen LogP contribution in [0, 0.1) is 11.7 Å². The van der Waals surface area contributed by atoms with Crippen LogP contribution >= 0.6 is 0 Å². The molecular weight excluding hydrogens is 337 g/mol. The average molecular weight is 357 g/mol. The summed E-state index contributed by atoms with van der Waals surface area (Å²) in [6, 6.07) is 13.1. The van der Waals surface area contributed by atoms with Crippen molar-refractivity contribution >= 4 is 11.9 Å². The van der Waals surface area contributed by atoms with Crippen LogP contribution in [0.2, 0.25) is 0 Å². The normalized spacial score (nSPS) is 19.5. The maximum absolute atomic E-state index is 13.0. The van der Waals surface area contributed by atoms with Crippen molar-refractivity contribution in [2.24, 2.45) is 5.92 Å². The van der Waals surface area contributed by atoms with Gasteiger partial charge >= 0.3 is 5.97 Å². The summed E-state index contributed by atoms with van der Waals surface area (Å²) in [4.78, 5) is 22.9. The Balaban J connectivity index is 1.53. The topological polar surface area (TPSA) is 75.6 Å². The van der Waals surface area contributed by atoms with E-state index < -0.39 is 12.6 Å². The van der Waals surface area contributed by atoms with Gasteiger partial charge in [-0.3, -0.25) is 4.79 Å². The number of aliphatic carboxylic acids is 1. The Morgan fingerprint density at radius 1 is 1.19 bits per heavy atom. The molecule has 0 aromatic heterocycles. The van der Waals surface area contributed by atoms with Crippen molar-refractivity contribution in [3.05, 3.63) is 65.5 Å². The van der Waals surface area contributed by atoms with Crippen LogP contribution in [-0.2, 0) is 9.59 Å². The smallest absolute Gasteiger partial charge is 0.341 e. The number of carbonyl (C=O) groups is 2. The SMILES string of the molecule is CC(NC(=O)C1CC1c1ccc(F)cc1)c1ccc(OCC(=O)O)cc1. The summed E-state index contributed by atoms with van der Waals surface area (Å²) < 4.78 is 18.1. The van der Waals surface area contributed by atoms with Gasteiger partial charge in [0.05, 0.1) is 6.04 Å². The van der Waals surface area contributed by atoms with Gasteiger partial charge in [0.2, 0.25) is 5.91 Å². The Morgan fingerprint density at radius 3 is 2.46 bits per heavy atom. The molecule has 0 saturated heterocycles. The fraction of sp³-hybridized carbons (Fsp3) is 0.300. The Bertz CT molecular complexity index is 788. The number of hydrogen-bond donors (Lipinski definition) is 2. The van der Waals surface area contributed by atoms with Gasteiger partial charge in [-0.1, -0.05) is 24.3 Å². The van der Waals surface area contributed by atoms with Gasteiger partial charge in [0, 0.05) is 5.92 Å². The molecule has 0 aliphatic heterocycles. The molecule has 2 aromatic carbocycles. The lowest BCUT2D eigenvalue weighted by molar-refractivity contribution is -0.139. The second-order valence-corrected chi connectivity index (χ2v) is 6.48. The van der Waals surface area contributed by atoms with E-state index in [1.54, 1.807) is 36.4 Å².